The summed E-state index contributed by atoms with van der Waals surface area (Å²) in [6.07, 6.45) is 7.25. The first kappa shape index (κ1) is 18.2. The van der Waals surface area contributed by atoms with Gasteiger partial charge in [-0.1, -0.05) is 12.1 Å². The zero-order chi connectivity index (χ0) is 18.6. The van der Waals surface area contributed by atoms with Crippen LogP contribution >= 0.6 is 0 Å². The highest BCUT2D eigenvalue weighted by Crippen LogP contribution is 2.25. The minimum absolute atomic E-state index is 0.121. The van der Waals surface area contributed by atoms with E-state index in [-0.39, 0.29) is 12.0 Å². The van der Waals surface area contributed by atoms with E-state index in [0.717, 1.165) is 55.2 Å². The Morgan fingerprint density at radius 3 is 3.15 bits per heavy atom. The number of imidazole rings is 1. The van der Waals surface area contributed by atoms with Gasteiger partial charge >= 0.3 is 0 Å². The molecular formula is C21H27N3O3. The molecule has 4 rings (SSSR count). The Morgan fingerprint density at radius 2 is 2.33 bits per heavy atom. The number of carbonyl (C=O) groups is 1. The maximum absolute atomic E-state index is 12.4. The number of aryl methyl sites for hydroxylation is 2. The summed E-state index contributed by atoms with van der Waals surface area (Å²) in [6.45, 7) is 4.07. The Kier molecular flexibility index (Phi) is 5.55. The summed E-state index contributed by atoms with van der Waals surface area (Å²) in [5, 5.41) is 2.95. The lowest BCUT2D eigenvalue weighted by Gasteiger charge is -2.16. The van der Waals surface area contributed by atoms with Crippen LogP contribution < -0.4 is 5.32 Å². The van der Waals surface area contributed by atoms with Crippen molar-refractivity contribution in [2.75, 3.05) is 18.5 Å². The molecule has 0 radical (unpaired) electrons. The Bertz CT molecular complexity index is 772. The van der Waals surface area contributed by atoms with E-state index >= 15 is 0 Å². The largest absolute Gasteiger partial charge is 0.376 e. The SMILES string of the molecule is CC(OCC1CCCO1)C(=O)Nc1cccc(-c2cn3c(n2)CCCC3)c1. The fourth-order valence-corrected chi connectivity index (χ4v) is 3.66. The van der Waals surface area contributed by atoms with Gasteiger partial charge in [-0.15, -0.1) is 0 Å². The number of nitrogens with zero attached hydrogens (tertiary/aromatic N) is 2. The van der Waals surface area contributed by atoms with E-state index in [0.29, 0.717) is 6.61 Å². The third-order valence-electron chi connectivity index (χ3n) is 5.26. The van der Waals surface area contributed by atoms with Crippen molar-refractivity contribution in [2.24, 2.45) is 0 Å². The van der Waals surface area contributed by atoms with Gasteiger partial charge in [0.15, 0.2) is 0 Å². The Hall–Kier alpha value is -2.18. The molecule has 3 heterocycles. The van der Waals surface area contributed by atoms with Gasteiger partial charge in [0, 0.05) is 37.0 Å². The zero-order valence-corrected chi connectivity index (χ0v) is 15.8. The molecule has 0 aliphatic carbocycles. The lowest BCUT2D eigenvalue weighted by Crippen LogP contribution is -2.30. The van der Waals surface area contributed by atoms with Gasteiger partial charge < -0.3 is 19.4 Å². The third kappa shape index (κ3) is 4.39. The van der Waals surface area contributed by atoms with Crippen LogP contribution in [0, 0.1) is 0 Å². The number of nitrogens with one attached hydrogen (secondary N) is 1. The van der Waals surface area contributed by atoms with Crippen molar-refractivity contribution in [3.8, 4) is 11.3 Å². The van der Waals surface area contributed by atoms with Crippen molar-refractivity contribution in [1.82, 2.24) is 9.55 Å². The summed E-state index contributed by atoms with van der Waals surface area (Å²) in [6, 6.07) is 7.84. The summed E-state index contributed by atoms with van der Waals surface area (Å²) in [7, 11) is 0. The number of benzene rings is 1. The average Bonchev–Trinajstić information content (AvgIpc) is 3.35. The third-order valence-corrected chi connectivity index (χ3v) is 5.26. The van der Waals surface area contributed by atoms with Crippen molar-refractivity contribution >= 4 is 11.6 Å². The molecule has 1 saturated heterocycles. The van der Waals surface area contributed by atoms with Crippen LogP contribution in [0.1, 0.15) is 38.4 Å². The smallest absolute Gasteiger partial charge is 0.253 e. The standard InChI is InChI=1S/C21H27N3O3/c1-15(27-14-18-8-5-11-26-18)21(25)22-17-7-4-6-16(12-17)19-13-24-10-3-2-9-20(24)23-19/h4,6-7,12-13,15,18H,2-3,5,8-11,14H2,1H3,(H,22,25). The first-order valence-corrected chi connectivity index (χ1v) is 9.89. The monoisotopic (exact) mass is 369 g/mol. The van der Waals surface area contributed by atoms with Gasteiger partial charge in [0.1, 0.15) is 11.9 Å². The van der Waals surface area contributed by atoms with Crippen molar-refractivity contribution in [3.05, 3.63) is 36.3 Å². The van der Waals surface area contributed by atoms with Crippen molar-refractivity contribution in [3.63, 3.8) is 0 Å². The number of hydrogen-bond acceptors (Lipinski definition) is 4. The molecule has 27 heavy (non-hydrogen) atoms. The minimum Gasteiger partial charge on any atom is -0.376 e. The number of carbonyl (C=O) groups excluding carboxylic acids is 1. The highest BCUT2D eigenvalue weighted by molar-refractivity contribution is 5.94. The van der Waals surface area contributed by atoms with E-state index in [9.17, 15) is 4.79 Å². The molecule has 1 aromatic heterocycles. The van der Waals surface area contributed by atoms with Crippen molar-refractivity contribution in [1.29, 1.82) is 0 Å². The first-order valence-electron chi connectivity index (χ1n) is 9.89. The van der Waals surface area contributed by atoms with Crippen LogP contribution in [0.4, 0.5) is 5.69 Å². The predicted molar refractivity (Wildman–Crippen MR) is 104 cm³/mol. The molecule has 2 atom stereocenters. The highest BCUT2D eigenvalue weighted by Gasteiger charge is 2.20. The van der Waals surface area contributed by atoms with Gasteiger partial charge in [-0.2, -0.15) is 0 Å². The topological polar surface area (TPSA) is 65.4 Å². The molecule has 1 amide bonds. The molecule has 1 aromatic carbocycles. The maximum atomic E-state index is 12.4. The molecule has 6 nitrogen and oxygen atoms in total. The molecule has 2 aliphatic heterocycles. The summed E-state index contributed by atoms with van der Waals surface area (Å²) in [5.41, 5.74) is 2.74. The summed E-state index contributed by atoms with van der Waals surface area (Å²) < 4.78 is 13.5. The van der Waals surface area contributed by atoms with E-state index in [1.165, 1.54) is 12.8 Å². The van der Waals surface area contributed by atoms with E-state index in [1.807, 2.05) is 24.3 Å². The van der Waals surface area contributed by atoms with Gasteiger partial charge in [-0.25, -0.2) is 4.98 Å². The summed E-state index contributed by atoms with van der Waals surface area (Å²) in [5.74, 6) is 1.01. The van der Waals surface area contributed by atoms with Crippen LogP contribution in [0.2, 0.25) is 0 Å². The second-order valence-electron chi connectivity index (χ2n) is 7.37. The van der Waals surface area contributed by atoms with Gasteiger partial charge in [-0.3, -0.25) is 4.79 Å². The molecule has 0 bridgehead atoms. The minimum atomic E-state index is -0.516. The lowest BCUT2D eigenvalue weighted by molar-refractivity contribution is -0.128. The van der Waals surface area contributed by atoms with Crippen LogP contribution in [-0.4, -0.2) is 40.9 Å². The number of aromatic nitrogens is 2. The number of rotatable bonds is 6. The molecule has 2 unspecified atom stereocenters. The lowest BCUT2D eigenvalue weighted by atomic mass is 10.1. The molecule has 0 spiro atoms. The summed E-state index contributed by atoms with van der Waals surface area (Å²) in [4.78, 5) is 17.2. The quantitative estimate of drug-likeness (QED) is 0.847. The highest BCUT2D eigenvalue weighted by atomic mass is 16.5. The second kappa shape index (κ2) is 8.23. The van der Waals surface area contributed by atoms with Crippen LogP contribution in [0.15, 0.2) is 30.5 Å². The maximum Gasteiger partial charge on any atom is 0.253 e. The van der Waals surface area contributed by atoms with Gasteiger partial charge in [0.05, 0.1) is 18.4 Å². The van der Waals surface area contributed by atoms with Gasteiger partial charge in [0.2, 0.25) is 0 Å². The van der Waals surface area contributed by atoms with Crippen LogP contribution in [-0.2, 0) is 27.2 Å². The normalized spacial score (nSPS) is 20.3. The van der Waals surface area contributed by atoms with Crippen LogP contribution in [0.5, 0.6) is 0 Å². The van der Waals surface area contributed by atoms with E-state index < -0.39 is 6.10 Å². The predicted octanol–water partition coefficient (Wildman–Crippen LogP) is 3.41. The van der Waals surface area contributed by atoms with E-state index in [2.05, 4.69) is 16.1 Å². The molecule has 1 N–H and O–H groups in total. The number of anilines is 1. The van der Waals surface area contributed by atoms with E-state index in [4.69, 9.17) is 14.5 Å². The number of amides is 1. The molecule has 2 aromatic rings. The molecule has 6 heteroatoms. The molecule has 0 saturated carbocycles. The van der Waals surface area contributed by atoms with Gasteiger partial charge in [-0.05, 0) is 44.7 Å². The first-order chi connectivity index (χ1) is 13.2. The molecule has 2 aliphatic rings. The zero-order valence-electron chi connectivity index (χ0n) is 15.8. The molecule has 1 fully saturated rings. The van der Waals surface area contributed by atoms with Gasteiger partial charge in [0.25, 0.3) is 5.91 Å². The Morgan fingerprint density at radius 1 is 1.41 bits per heavy atom. The van der Waals surface area contributed by atoms with E-state index in [1.54, 1.807) is 6.92 Å². The summed E-state index contributed by atoms with van der Waals surface area (Å²) >= 11 is 0. The fraction of sp³-hybridized carbons (Fsp3) is 0.524. The number of fused-ring (bicyclic) bond motifs is 1. The van der Waals surface area contributed by atoms with Crippen LogP contribution in [0.3, 0.4) is 0 Å². The molecule has 144 valence electrons. The average molecular weight is 369 g/mol. The molecular weight excluding hydrogens is 342 g/mol. The Balaban J connectivity index is 1.38. The van der Waals surface area contributed by atoms with Crippen molar-refractivity contribution in [2.45, 2.75) is 57.8 Å². The Labute approximate surface area is 159 Å². The number of hydrogen-bond donors (Lipinski definition) is 1. The van der Waals surface area contributed by atoms with Crippen LogP contribution in [0.25, 0.3) is 11.3 Å². The second-order valence-corrected chi connectivity index (χ2v) is 7.37. The van der Waals surface area contributed by atoms with Crippen molar-refractivity contribution < 1.29 is 14.3 Å². The number of ether oxygens (including phenoxy) is 2. The fourth-order valence-electron chi connectivity index (χ4n) is 3.66.